The average molecular weight is 276 g/mol. The summed E-state index contributed by atoms with van der Waals surface area (Å²) >= 11 is 0. The van der Waals surface area contributed by atoms with Crippen LogP contribution in [-0.2, 0) is 13.1 Å². The third kappa shape index (κ3) is 3.45. The molecule has 0 unspecified atom stereocenters. The van der Waals surface area contributed by atoms with Crippen LogP contribution < -0.4 is 15.6 Å². The van der Waals surface area contributed by atoms with Crippen LogP contribution in [0.3, 0.4) is 0 Å². The van der Waals surface area contributed by atoms with E-state index in [0.717, 1.165) is 5.56 Å². The molecule has 1 N–H and O–H groups in total. The summed E-state index contributed by atoms with van der Waals surface area (Å²) < 4.78 is 20.8. The molecule has 0 bridgehead atoms. The predicted octanol–water partition coefficient (Wildman–Crippen LogP) is 1.79. The van der Waals surface area contributed by atoms with Gasteiger partial charge in [-0.3, -0.25) is 4.79 Å². The number of benzene rings is 1. The fourth-order valence-electron chi connectivity index (χ4n) is 1.94. The monoisotopic (exact) mass is 276 g/mol. The molecular formula is C15H17FN2O2. The first-order chi connectivity index (χ1) is 9.72. The molecule has 0 radical (unpaired) electrons. The van der Waals surface area contributed by atoms with Gasteiger partial charge in [-0.05, 0) is 19.2 Å². The Hall–Kier alpha value is -2.14. The summed E-state index contributed by atoms with van der Waals surface area (Å²) in [6.45, 7) is 1.15. The highest BCUT2D eigenvalue weighted by Gasteiger charge is 2.09. The molecule has 0 fully saturated rings. The summed E-state index contributed by atoms with van der Waals surface area (Å²) in [6, 6.07) is 9.76. The van der Waals surface area contributed by atoms with Crippen molar-refractivity contribution in [1.82, 2.24) is 9.88 Å². The third-order valence-corrected chi connectivity index (χ3v) is 2.89. The van der Waals surface area contributed by atoms with Crippen LogP contribution in [0.15, 0.2) is 47.4 Å². The van der Waals surface area contributed by atoms with Crippen LogP contribution in [0.5, 0.6) is 5.75 Å². The van der Waals surface area contributed by atoms with E-state index in [-0.39, 0.29) is 17.9 Å². The van der Waals surface area contributed by atoms with E-state index in [0.29, 0.717) is 13.1 Å². The van der Waals surface area contributed by atoms with Gasteiger partial charge in [-0.25, -0.2) is 4.39 Å². The van der Waals surface area contributed by atoms with Crippen LogP contribution in [0.4, 0.5) is 4.39 Å². The number of halogens is 1. The summed E-state index contributed by atoms with van der Waals surface area (Å²) in [5, 5.41) is 2.97. The predicted molar refractivity (Wildman–Crippen MR) is 75.4 cm³/mol. The second kappa shape index (κ2) is 6.86. The zero-order valence-electron chi connectivity index (χ0n) is 11.3. The minimum absolute atomic E-state index is 0.0971. The van der Waals surface area contributed by atoms with Crippen LogP contribution in [0.2, 0.25) is 0 Å². The number of pyridine rings is 1. The maximum atomic E-state index is 13.8. The van der Waals surface area contributed by atoms with Gasteiger partial charge in [0, 0.05) is 24.4 Å². The summed E-state index contributed by atoms with van der Waals surface area (Å²) in [4.78, 5) is 11.5. The van der Waals surface area contributed by atoms with E-state index in [1.54, 1.807) is 31.4 Å². The quantitative estimate of drug-likeness (QED) is 0.874. The molecule has 0 aliphatic rings. The summed E-state index contributed by atoms with van der Waals surface area (Å²) in [5.74, 6) is -0.149. The number of aromatic nitrogens is 1. The van der Waals surface area contributed by atoms with Gasteiger partial charge in [0.15, 0.2) is 11.6 Å². The van der Waals surface area contributed by atoms with Crippen molar-refractivity contribution in [1.29, 1.82) is 0 Å². The lowest BCUT2D eigenvalue weighted by Gasteiger charge is -2.12. The van der Waals surface area contributed by atoms with E-state index >= 15 is 0 Å². The molecule has 0 saturated carbocycles. The third-order valence-electron chi connectivity index (χ3n) is 2.89. The lowest BCUT2D eigenvalue weighted by Crippen LogP contribution is -2.21. The number of ether oxygens (including phenoxy) is 1. The van der Waals surface area contributed by atoms with Crippen molar-refractivity contribution < 1.29 is 9.13 Å². The van der Waals surface area contributed by atoms with Crippen molar-refractivity contribution in [2.75, 3.05) is 13.7 Å². The van der Waals surface area contributed by atoms with Crippen molar-refractivity contribution in [3.63, 3.8) is 0 Å². The molecule has 5 heteroatoms. The zero-order chi connectivity index (χ0) is 14.4. The van der Waals surface area contributed by atoms with Gasteiger partial charge in [0.05, 0.1) is 6.54 Å². The van der Waals surface area contributed by atoms with E-state index in [1.165, 1.54) is 16.7 Å². The Kier molecular flexibility index (Phi) is 4.90. The summed E-state index contributed by atoms with van der Waals surface area (Å²) in [6.07, 6.45) is 1.68. The first-order valence-electron chi connectivity index (χ1n) is 6.42. The van der Waals surface area contributed by atoms with Gasteiger partial charge in [0.2, 0.25) is 0 Å². The Morgan fingerprint density at radius 3 is 2.85 bits per heavy atom. The van der Waals surface area contributed by atoms with E-state index in [1.807, 2.05) is 6.07 Å². The van der Waals surface area contributed by atoms with Crippen molar-refractivity contribution in [2.45, 2.75) is 13.1 Å². The lowest BCUT2D eigenvalue weighted by molar-refractivity contribution is 0.279. The van der Waals surface area contributed by atoms with Gasteiger partial charge >= 0.3 is 0 Å². The van der Waals surface area contributed by atoms with E-state index < -0.39 is 5.82 Å². The van der Waals surface area contributed by atoms with Crippen LogP contribution in [0, 0.1) is 5.82 Å². The highest BCUT2D eigenvalue weighted by Crippen LogP contribution is 2.22. The molecule has 0 aliphatic heterocycles. The standard InChI is InChI=1S/C15H17FN2O2/c1-17-11-12-5-4-6-13(16)15(12)20-10-9-18-8-3-2-7-14(18)19/h2-8,17H,9-11H2,1H3. The molecule has 0 saturated heterocycles. The van der Waals surface area contributed by atoms with Gasteiger partial charge in [0.1, 0.15) is 6.61 Å². The zero-order valence-corrected chi connectivity index (χ0v) is 11.3. The molecular weight excluding hydrogens is 259 g/mol. The fraction of sp³-hybridized carbons (Fsp3) is 0.267. The highest BCUT2D eigenvalue weighted by atomic mass is 19.1. The molecule has 106 valence electrons. The molecule has 0 spiro atoms. The van der Waals surface area contributed by atoms with E-state index in [9.17, 15) is 9.18 Å². The Morgan fingerprint density at radius 1 is 1.25 bits per heavy atom. The molecule has 0 aliphatic carbocycles. The topological polar surface area (TPSA) is 43.3 Å². The first-order valence-corrected chi connectivity index (χ1v) is 6.42. The Labute approximate surface area is 116 Å². The second-order valence-electron chi connectivity index (χ2n) is 4.34. The number of nitrogens with zero attached hydrogens (tertiary/aromatic N) is 1. The lowest BCUT2D eigenvalue weighted by atomic mass is 10.2. The Bertz CT molecular complexity index is 625. The first kappa shape index (κ1) is 14.3. The maximum absolute atomic E-state index is 13.8. The minimum Gasteiger partial charge on any atom is -0.488 e. The highest BCUT2D eigenvalue weighted by molar-refractivity contribution is 5.34. The van der Waals surface area contributed by atoms with Gasteiger partial charge in [0.25, 0.3) is 5.56 Å². The molecule has 0 amide bonds. The van der Waals surface area contributed by atoms with Gasteiger partial charge in [-0.2, -0.15) is 0 Å². The molecule has 20 heavy (non-hydrogen) atoms. The van der Waals surface area contributed by atoms with E-state index in [2.05, 4.69) is 5.32 Å². The summed E-state index contributed by atoms with van der Waals surface area (Å²) in [5.41, 5.74) is 0.660. The Balaban J connectivity index is 2.04. The van der Waals surface area contributed by atoms with Crippen molar-refractivity contribution in [3.8, 4) is 5.75 Å². The number of nitrogens with one attached hydrogen (secondary N) is 1. The summed E-state index contributed by atoms with van der Waals surface area (Å²) in [7, 11) is 1.79. The number of hydrogen-bond acceptors (Lipinski definition) is 3. The molecule has 2 aromatic rings. The van der Waals surface area contributed by atoms with Crippen LogP contribution in [-0.4, -0.2) is 18.2 Å². The molecule has 1 aromatic heterocycles. The fourth-order valence-corrected chi connectivity index (χ4v) is 1.94. The maximum Gasteiger partial charge on any atom is 0.250 e. The van der Waals surface area contributed by atoms with Crippen molar-refractivity contribution in [3.05, 3.63) is 64.3 Å². The van der Waals surface area contributed by atoms with E-state index in [4.69, 9.17) is 4.74 Å². The van der Waals surface area contributed by atoms with Gasteiger partial charge in [-0.15, -0.1) is 0 Å². The average Bonchev–Trinajstić information content (AvgIpc) is 2.44. The van der Waals surface area contributed by atoms with Crippen LogP contribution in [0.25, 0.3) is 0 Å². The molecule has 0 atom stereocenters. The number of para-hydroxylation sites is 1. The number of rotatable bonds is 6. The molecule has 4 nitrogen and oxygen atoms in total. The molecule has 1 aromatic carbocycles. The van der Waals surface area contributed by atoms with Crippen LogP contribution >= 0.6 is 0 Å². The van der Waals surface area contributed by atoms with Gasteiger partial charge < -0.3 is 14.6 Å². The normalized spacial score (nSPS) is 10.5. The largest absolute Gasteiger partial charge is 0.488 e. The van der Waals surface area contributed by atoms with Crippen LogP contribution in [0.1, 0.15) is 5.56 Å². The Morgan fingerprint density at radius 2 is 2.10 bits per heavy atom. The second-order valence-corrected chi connectivity index (χ2v) is 4.34. The minimum atomic E-state index is -0.391. The SMILES string of the molecule is CNCc1cccc(F)c1OCCn1ccccc1=O. The van der Waals surface area contributed by atoms with Crippen molar-refractivity contribution >= 4 is 0 Å². The molecule has 1 heterocycles. The number of hydrogen-bond donors (Lipinski definition) is 1. The smallest absolute Gasteiger partial charge is 0.250 e. The molecule has 2 rings (SSSR count). The van der Waals surface area contributed by atoms with Crippen molar-refractivity contribution in [2.24, 2.45) is 0 Å². The van der Waals surface area contributed by atoms with Gasteiger partial charge in [-0.1, -0.05) is 18.2 Å².